The lowest BCUT2D eigenvalue weighted by molar-refractivity contribution is -0.122. The zero-order valence-electron chi connectivity index (χ0n) is 18.9. The molecule has 32 heavy (non-hydrogen) atoms. The van der Waals surface area contributed by atoms with Crippen LogP contribution in [0.3, 0.4) is 0 Å². The van der Waals surface area contributed by atoms with Gasteiger partial charge in [0, 0.05) is 41.7 Å². The maximum absolute atomic E-state index is 13.3. The molecule has 2 aromatic carbocycles. The second-order valence-corrected chi connectivity index (χ2v) is 8.57. The third kappa shape index (κ3) is 4.35. The van der Waals surface area contributed by atoms with Gasteiger partial charge >= 0.3 is 0 Å². The Kier molecular flexibility index (Phi) is 6.21. The number of amides is 1. The molecule has 0 aromatic heterocycles. The molecule has 6 nitrogen and oxygen atoms in total. The summed E-state index contributed by atoms with van der Waals surface area (Å²) in [5.74, 6) is 1.78. The standard InChI is InChI=1S/C26H29NO5/c1-15(2)32-18-7-5-16(6-8-18)17-11-22-26(23(28)12-17)21(14-25(29)27-22)20-10-9-19(30-3)13-24(20)31-4/h5-10,13,15,17,21H,11-12,14H2,1-4H3,(H,27,29)/t17-,21+/m1/s1. The predicted molar refractivity (Wildman–Crippen MR) is 121 cm³/mol. The van der Waals surface area contributed by atoms with Gasteiger partial charge in [-0.05, 0) is 49.9 Å². The molecule has 1 aliphatic carbocycles. The molecule has 1 N–H and O–H groups in total. The minimum atomic E-state index is -0.324. The fourth-order valence-electron chi connectivity index (χ4n) is 4.66. The van der Waals surface area contributed by atoms with Crippen LogP contribution in [0.15, 0.2) is 53.7 Å². The first-order chi connectivity index (χ1) is 15.4. The SMILES string of the molecule is COc1ccc([C@@H]2CC(=O)NC3=C2C(=O)C[C@H](c2ccc(OC(C)C)cc2)C3)c(OC)c1. The highest BCUT2D eigenvalue weighted by Gasteiger charge is 2.39. The fraction of sp³-hybridized carbons (Fsp3) is 0.385. The van der Waals surface area contributed by atoms with Crippen molar-refractivity contribution in [2.45, 2.75) is 51.0 Å². The van der Waals surface area contributed by atoms with Crippen molar-refractivity contribution in [3.05, 3.63) is 64.9 Å². The smallest absolute Gasteiger partial charge is 0.225 e. The van der Waals surface area contributed by atoms with Crippen LogP contribution in [0.5, 0.6) is 17.2 Å². The van der Waals surface area contributed by atoms with Crippen LogP contribution in [0.25, 0.3) is 0 Å². The summed E-state index contributed by atoms with van der Waals surface area (Å²) < 4.78 is 16.6. The van der Waals surface area contributed by atoms with Crippen molar-refractivity contribution < 1.29 is 23.8 Å². The number of benzene rings is 2. The van der Waals surface area contributed by atoms with Crippen LogP contribution in [-0.4, -0.2) is 32.0 Å². The zero-order chi connectivity index (χ0) is 22.8. The molecule has 1 amide bonds. The average Bonchev–Trinajstić information content (AvgIpc) is 2.77. The van der Waals surface area contributed by atoms with Gasteiger partial charge in [-0.25, -0.2) is 0 Å². The number of rotatable bonds is 6. The van der Waals surface area contributed by atoms with Gasteiger partial charge in [0.2, 0.25) is 5.91 Å². The Morgan fingerprint density at radius 1 is 0.906 bits per heavy atom. The van der Waals surface area contributed by atoms with E-state index in [2.05, 4.69) is 5.32 Å². The second-order valence-electron chi connectivity index (χ2n) is 8.57. The summed E-state index contributed by atoms with van der Waals surface area (Å²) in [6.45, 7) is 3.98. The number of ether oxygens (including phenoxy) is 3. The molecule has 1 aliphatic heterocycles. The van der Waals surface area contributed by atoms with Crippen LogP contribution < -0.4 is 19.5 Å². The zero-order valence-corrected chi connectivity index (χ0v) is 18.9. The summed E-state index contributed by atoms with van der Waals surface area (Å²) >= 11 is 0. The molecule has 0 fully saturated rings. The first kappa shape index (κ1) is 21.9. The summed E-state index contributed by atoms with van der Waals surface area (Å²) in [7, 11) is 3.18. The number of allylic oxidation sites excluding steroid dienone is 2. The topological polar surface area (TPSA) is 73.9 Å². The van der Waals surface area contributed by atoms with Crippen molar-refractivity contribution in [3.63, 3.8) is 0 Å². The van der Waals surface area contributed by atoms with E-state index in [1.807, 2.05) is 50.2 Å². The summed E-state index contributed by atoms with van der Waals surface area (Å²) in [6.07, 6.45) is 1.36. The number of hydrogen-bond acceptors (Lipinski definition) is 5. The van der Waals surface area contributed by atoms with Crippen LogP contribution in [0.4, 0.5) is 0 Å². The van der Waals surface area contributed by atoms with Gasteiger partial charge in [0.15, 0.2) is 5.78 Å². The number of carbonyl (C=O) groups excluding carboxylic acids is 2. The normalized spacial score (nSPS) is 20.7. The first-order valence-electron chi connectivity index (χ1n) is 10.9. The Hall–Kier alpha value is -3.28. The van der Waals surface area contributed by atoms with Crippen molar-refractivity contribution >= 4 is 11.7 Å². The number of hydrogen-bond donors (Lipinski definition) is 1. The van der Waals surface area contributed by atoms with E-state index < -0.39 is 0 Å². The van der Waals surface area contributed by atoms with Crippen LogP contribution in [0.2, 0.25) is 0 Å². The highest BCUT2D eigenvalue weighted by molar-refractivity contribution is 6.02. The van der Waals surface area contributed by atoms with Gasteiger partial charge in [0.25, 0.3) is 0 Å². The van der Waals surface area contributed by atoms with Gasteiger partial charge in [0.05, 0.1) is 20.3 Å². The molecular weight excluding hydrogens is 406 g/mol. The fourth-order valence-corrected chi connectivity index (χ4v) is 4.66. The van der Waals surface area contributed by atoms with Gasteiger partial charge in [0.1, 0.15) is 17.2 Å². The Balaban J connectivity index is 1.65. The lowest BCUT2D eigenvalue weighted by Crippen LogP contribution is -2.38. The van der Waals surface area contributed by atoms with E-state index in [0.29, 0.717) is 29.9 Å². The van der Waals surface area contributed by atoms with E-state index >= 15 is 0 Å². The molecule has 0 bridgehead atoms. The summed E-state index contributed by atoms with van der Waals surface area (Å²) in [5.41, 5.74) is 3.33. The summed E-state index contributed by atoms with van der Waals surface area (Å²) in [6, 6.07) is 13.4. The van der Waals surface area contributed by atoms with E-state index in [1.165, 1.54) is 0 Å². The molecule has 1 heterocycles. The van der Waals surface area contributed by atoms with Crippen LogP contribution in [0, 0.1) is 0 Å². The molecule has 0 spiro atoms. The summed E-state index contributed by atoms with van der Waals surface area (Å²) in [4.78, 5) is 25.9. The highest BCUT2D eigenvalue weighted by atomic mass is 16.5. The quantitative estimate of drug-likeness (QED) is 0.723. The number of ketones is 1. The number of nitrogens with one attached hydrogen (secondary N) is 1. The predicted octanol–water partition coefficient (Wildman–Crippen LogP) is 4.50. The number of carbonyl (C=O) groups is 2. The molecular formula is C26H29NO5. The Labute approximate surface area is 188 Å². The molecule has 4 rings (SSSR count). The van der Waals surface area contributed by atoms with Crippen LogP contribution in [-0.2, 0) is 9.59 Å². The summed E-state index contributed by atoms with van der Waals surface area (Å²) in [5, 5.41) is 2.98. The maximum atomic E-state index is 13.3. The lowest BCUT2D eigenvalue weighted by atomic mass is 9.73. The van der Waals surface area contributed by atoms with Crippen molar-refractivity contribution in [1.82, 2.24) is 5.32 Å². The van der Waals surface area contributed by atoms with Gasteiger partial charge in [-0.1, -0.05) is 18.2 Å². The molecule has 0 saturated heterocycles. The average molecular weight is 436 g/mol. The molecule has 0 unspecified atom stereocenters. The lowest BCUT2D eigenvalue weighted by Gasteiger charge is -2.35. The van der Waals surface area contributed by atoms with E-state index in [-0.39, 0.29) is 36.1 Å². The first-order valence-corrected chi connectivity index (χ1v) is 10.9. The van der Waals surface area contributed by atoms with Crippen molar-refractivity contribution in [2.75, 3.05) is 14.2 Å². The third-order valence-corrected chi connectivity index (χ3v) is 6.08. The molecule has 2 aromatic rings. The van der Waals surface area contributed by atoms with Crippen molar-refractivity contribution in [1.29, 1.82) is 0 Å². The molecule has 0 saturated carbocycles. The van der Waals surface area contributed by atoms with Gasteiger partial charge < -0.3 is 19.5 Å². The van der Waals surface area contributed by atoms with E-state index in [1.54, 1.807) is 20.3 Å². The molecule has 6 heteroatoms. The second kappa shape index (κ2) is 9.07. The minimum Gasteiger partial charge on any atom is -0.497 e. The number of Topliss-reactive ketones (excluding diaryl/α,β-unsaturated/α-hetero) is 1. The van der Waals surface area contributed by atoms with E-state index in [9.17, 15) is 9.59 Å². The van der Waals surface area contributed by atoms with Crippen LogP contribution >= 0.6 is 0 Å². The van der Waals surface area contributed by atoms with Gasteiger partial charge in [-0.3, -0.25) is 9.59 Å². The van der Waals surface area contributed by atoms with Crippen molar-refractivity contribution in [2.24, 2.45) is 0 Å². The molecule has 2 aliphatic rings. The monoisotopic (exact) mass is 435 g/mol. The maximum Gasteiger partial charge on any atom is 0.225 e. The molecule has 168 valence electrons. The van der Waals surface area contributed by atoms with Gasteiger partial charge in [-0.15, -0.1) is 0 Å². The Bertz CT molecular complexity index is 1050. The minimum absolute atomic E-state index is 0.0196. The van der Waals surface area contributed by atoms with Crippen LogP contribution in [0.1, 0.15) is 56.1 Å². The number of methoxy groups -OCH3 is 2. The molecule has 2 atom stereocenters. The highest BCUT2D eigenvalue weighted by Crippen LogP contribution is 2.45. The largest absolute Gasteiger partial charge is 0.497 e. The third-order valence-electron chi connectivity index (χ3n) is 6.08. The van der Waals surface area contributed by atoms with E-state index in [0.717, 1.165) is 22.6 Å². The molecule has 0 radical (unpaired) electrons. The Morgan fingerprint density at radius 2 is 1.62 bits per heavy atom. The Morgan fingerprint density at radius 3 is 2.28 bits per heavy atom. The van der Waals surface area contributed by atoms with E-state index in [4.69, 9.17) is 14.2 Å². The van der Waals surface area contributed by atoms with Gasteiger partial charge in [-0.2, -0.15) is 0 Å². The van der Waals surface area contributed by atoms with Crippen molar-refractivity contribution in [3.8, 4) is 17.2 Å².